The molecule has 0 saturated carbocycles. The number of carbonyl (C=O) groups excluding carboxylic acids is 1. The molecule has 1 amide bonds. The van der Waals surface area contributed by atoms with Crippen LogP contribution in [-0.2, 0) is 9.53 Å². The normalized spacial score (nSPS) is 9.65. The molecular formula is C13H22N2O2. The zero-order chi connectivity index (χ0) is 12.9. The third-order valence-corrected chi connectivity index (χ3v) is 2.26. The van der Waals surface area contributed by atoms with Gasteiger partial charge in [-0.05, 0) is 19.3 Å². The van der Waals surface area contributed by atoms with Gasteiger partial charge >= 0.3 is 0 Å². The first-order chi connectivity index (χ1) is 8.22. The minimum Gasteiger partial charge on any atom is -0.381 e. The summed E-state index contributed by atoms with van der Waals surface area (Å²) in [6.07, 6.45) is 5.24. The number of nitriles is 1. The molecule has 0 atom stereocenters. The van der Waals surface area contributed by atoms with Gasteiger partial charge in [-0.3, -0.25) is 4.79 Å². The molecule has 0 spiro atoms. The Kier molecular flexibility index (Phi) is 10.3. The summed E-state index contributed by atoms with van der Waals surface area (Å²) in [6.45, 7) is 7.71. The monoisotopic (exact) mass is 238 g/mol. The van der Waals surface area contributed by atoms with Crippen molar-refractivity contribution in [1.82, 2.24) is 5.32 Å². The van der Waals surface area contributed by atoms with Crippen molar-refractivity contribution in [2.45, 2.75) is 39.0 Å². The van der Waals surface area contributed by atoms with Gasteiger partial charge in [0.25, 0.3) is 5.91 Å². The van der Waals surface area contributed by atoms with Gasteiger partial charge in [0, 0.05) is 19.8 Å². The summed E-state index contributed by atoms with van der Waals surface area (Å²) in [7, 11) is 0. The van der Waals surface area contributed by atoms with Gasteiger partial charge in [-0.2, -0.15) is 5.26 Å². The lowest BCUT2D eigenvalue weighted by Gasteiger charge is -2.04. The lowest BCUT2D eigenvalue weighted by molar-refractivity contribution is -0.117. The molecule has 0 heterocycles. The maximum Gasteiger partial charge on any atom is 0.261 e. The van der Waals surface area contributed by atoms with Gasteiger partial charge in [-0.1, -0.05) is 26.3 Å². The van der Waals surface area contributed by atoms with Gasteiger partial charge < -0.3 is 10.1 Å². The van der Waals surface area contributed by atoms with Gasteiger partial charge in [0.2, 0.25) is 0 Å². The second kappa shape index (κ2) is 11.2. The van der Waals surface area contributed by atoms with Crippen LogP contribution in [0, 0.1) is 11.3 Å². The molecule has 96 valence electrons. The van der Waals surface area contributed by atoms with E-state index in [0.717, 1.165) is 45.3 Å². The predicted molar refractivity (Wildman–Crippen MR) is 67.3 cm³/mol. The van der Waals surface area contributed by atoms with E-state index < -0.39 is 0 Å². The van der Waals surface area contributed by atoms with Gasteiger partial charge in [0.1, 0.15) is 11.6 Å². The molecule has 4 nitrogen and oxygen atoms in total. The van der Waals surface area contributed by atoms with Crippen LogP contribution in [-0.4, -0.2) is 25.7 Å². The molecule has 0 aliphatic rings. The highest BCUT2D eigenvalue weighted by Gasteiger charge is 2.03. The smallest absolute Gasteiger partial charge is 0.261 e. The molecule has 0 aliphatic heterocycles. The molecule has 0 saturated heterocycles. The van der Waals surface area contributed by atoms with Crippen LogP contribution >= 0.6 is 0 Å². The van der Waals surface area contributed by atoms with E-state index in [4.69, 9.17) is 10.00 Å². The largest absolute Gasteiger partial charge is 0.381 e. The number of rotatable bonds is 10. The minimum atomic E-state index is -0.362. The molecule has 0 aliphatic carbocycles. The molecule has 4 heteroatoms. The van der Waals surface area contributed by atoms with E-state index in [1.54, 1.807) is 6.07 Å². The average molecular weight is 238 g/mol. The van der Waals surface area contributed by atoms with E-state index in [9.17, 15) is 4.79 Å². The molecule has 0 fully saturated rings. The zero-order valence-electron chi connectivity index (χ0n) is 10.6. The van der Waals surface area contributed by atoms with Gasteiger partial charge in [0.05, 0.1) is 0 Å². The van der Waals surface area contributed by atoms with Crippen LogP contribution in [0.4, 0.5) is 0 Å². The summed E-state index contributed by atoms with van der Waals surface area (Å²) >= 11 is 0. The van der Waals surface area contributed by atoms with Crippen LogP contribution < -0.4 is 5.32 Å². The van der Waals surface area contributed by atoms with E-state index in [2.05, 4.69) is 18.8 Å². The van der Waals surface area contributed by atoms with Crippen LogP contribution in [0.15, 0.2) is 12.2 Å². The Morgan fingerprint density at radius 1 is 1.29 bits per heavy atom. The molecule has 17 heavy (non-hydrogen) atoms. The fourth-order valence-electron chi connectivity index (χ4n) is 1.29. The standard InChI is InChI=1S/C13H22N2O2/c1-3-9-17-10-7-5-4-6-8-15-13(16)12(2)11-14/h2-10H2,1H3,(H,15,16). The van der Waals surface area contributed by atoms with Crippen molar-refractivity contribution in [1.29, 1.82) is 5.26 Å². The van der Waals surface area contributed by atoms with Crippen LogP contribution in [0.25, 0.3) is 0 Å². The number of carbonyl (C=O) groups is 1. The summed E-state index contributed by atoms with van der Waals surface area (Å²) in [4.78, 5) is 11.1. The highest BCUT2D eigenvalue weighted by molar-refractivity contribution is 5.96. The number of hydrogen-bond acceptors (Lipinski definition) is 3. The first-order valence-electron chi connectivity index (χ1n) is 6.17. The van der Waals surface area contributed by atoms with Gasteiger partial charge in [-0.15, -0.1) is 0 Å². The van der Waals surface area contributed by atoms with Crippen molar-refractivity contribution in [3.05, 3.63) is 12.2 Å². The Hall–Kier alpha value is -1.34. The third-order valence-electron chi connectivity index (χ3n) is 2.26. The Morgan fingerprint density at radius 2 is 2.00 bits per heavy atom. The van der Waals surface area contributed by atoms with Crippen molar-refractivity contribution in [2.75, 3.05) is 19.8 Å². The second-order valence-electron chi connectivity index (χ2n) is 3.87. The van der Waals surface area contributed by atoms with E-state index in [1.807, 2.05) is 0 Å². The lowest BCUT2D eigenvalue weighted by atomic mass is 10.2. The quantitative estimate of drug-likeness (QED) is 0.360. The van der Waals surface area contributed by atoms with Crippen molar-refractivity contribution in [3.63, 3.8) is 0 Å². The number of amides is 1. The summed E-state index contributed by atoms with van der Waals surface area (Å²) < 4.78 is 5.36. The van der Waals surface area contributed by atoms with Crippen LogP contribution in [0.3, 0.4) is 0 Å². The molecule has 1 N–H and O–H groups in total. The molecule has 0 aromatic heterocycles. The zero-order valence-corrected chi connectivity index (χ0v) is 10.6. The summed E-state index contributed by atoms with van der Waals surface area (Å²) in [5, 5.41) is 11.1. The lowest BCUT2D eigenvalue weighted by Crippen LogP contribution is -2.25. The Morgan fingerprint density at radius 3 is 2.65 bits per heavy atom. The van der Waals surface area contributed by atoms with E-state index >= 15 is 0 Å². The average Bonchev–Trinajstić information content (AvgIpc) is 2.35. The topological polar surface area (TPSA) is 62.1 Å². The van der Waals surface area contributed by atoms with Crippen LogP contribution in [0.5, 0.6) is 0 Å². The number of nitrogens with zero attached hydrogens (tertiary/aromatic N) is 1. The summed E-state index contributed by atoms with van der Waals surface area (Å²) in [5.41, 5.74) is -0.0297. The molecule has 0 rings (SSSR count). The summed E-state index contributed by atoms with van der Waals surface area (Å²) in [5.74, 6) is -0.362. The van der Waals surface area contributed by atoms with Crippen molar-refractivity contribution in [3.8, 4) is 6.07 Å². The first kappa shape index (κ1) is 15.7. The highest BCUT2D eigenvalue weighted by atomic mass is 16.5. The summed E-state index contributed by atoms with van der Waals surface area (Å²) in [6, 6.07) is 1.72. The van der Waals surface area contributed by atoms with E-state index in [0.29, 0.717) is 6.54 Å². The van der Waals surface area contributed by atoms with E-state index in [-0.39, 0.29) is 11.5 Å². The first-order valence-corrected chi connectivity index (χ1v) is 6.17. The Bertz CT molecular complexity index is 269. The maximum atomic E-state index is 11.1. The predicted octanol–water partition coefficient (Wildman–Crippen LogP) is 2.17. The second-order valence-corrected chi connectivity index (χ2v) is 3.87. The molecule has 0 aromatic carbocycles. The molecular weight excluding hydrogens is 216 g/mol. The number of ether oxygens (including phenoxy) is 1. The van der Waals surface area contributed by atoms with Crippen molar-refractivity contribution < 1.29 is 9.53 Å². The van der Waals surface area contributed by atoms with Gasteiger partial charge in [-0.25, -0.2) is 0 Å². The van der Waals surface area contributed by atoms with E-state index in [1.165, 1.54) is 0 Å². The Labute approximate surface area is 104 Å². The highest BCUT2D eigenvalue weighted by Crippen LogP contribution is 2.00. The fraction of sp³-hybridized carbons (Fsp3) is 0.692. The third kappa shape index (κ3) is 9.58. The van der Waals surface area contributed by atoms with Crippen LogP contribution in [0.1, 0.15) is 39.0 Å². The molecule has 0 radical (unpaired) electrons. The van der Waals surface area contributed by atoms with Gasteiger partial charge in [0.15, 0.2) is 0 Å². The minimum absolute atomic E-state index is 0.0297. The maximum absolute atomic E-state index is 11.1. The number of nitrogens with one attached hydrogen (secondary N) is 1. The number of unbranched alkanes of at least 4 members (excludes halogenated alkanes) is 3. The Balaban J connectivity index is 3.22. The van der Waals surface area contributed by atoms with Crippen molar-refractivity contribution in [2.24, 2.45) is 0 Å². The van der Waals surface area contributed by atoms with Crippen molar-refractivity contribution >= 4 is 5.91 Å². The van der Waals surface area contributed by atoms with Crippen LogP contribution in [0.2, 0.25) is 0 Å². The SMILES string of the molecule is C=C(C#N)C(=O)NCCCCCCOCCC. The molecule has 0 aromatic rings. The number of hydrogen-bond donors (Lipinski definition) is 1. The molecule has 0 bridgehead atoms. The fourth-order valence-corrected chi connectivity index (χ4v) is 1.29. The molecule has 0 unspecified atom stereocenters.